The SMILES string of the molecule is CC(=O)NC(C(N)=O)C(=O)Nc1ccccc1. The Morgan fingerprint density at radius 3 is 2.24 bits per heavy atom. The van der Waals surface area contributed by atoms with E-state index in [0.717, 1.165) is 0 Å². The molecule has 90 valence electrons. The van der Waals surface area contributed by atoms with Gasteiger partial charge in [-0.15, -0.1) is 0 Å². The van der Waals surface area contributed by atoms with Gasteiger partial charge in [0.25, 0.3) is 5.91 Å². The summed E-state index contributed by atoms with van der Waals surface area (Å²) in [4.78, 5) is 33.5. The van der Waals surface area contributed by atoms with Crippen LogP contribution in [0.2, 0.25) is 0 Å². The molecule has 1 aromatic carbocycles. The number of anilines is 1. The third-order valence-electron chi connectivity index (χ3n) is 1.94. The van der Waals surface area contributed by atoms with E-state index >= 15 is 0 Å². The van der Waals surface area contributed by atoms with Gasteiger partial charge in [-0.2, -0.15) is 0 Å². The average Bonchev–Trinajstić information content (AvgIpc) is 2.26. The number of nitrogens with one attached hydrogen (secondary N) is 2. The summed E-state index contributed by atoms with van der Waals surface area (Å²) in [6.45, 7) is 1.20. The van der Waals surface area contributed by atoms with Gasteiger partial charge in [-0.3, -0.25) is 14.4 Å². The summed E-state index contributed by atoms with van der Waals surface area (Å²) >= 11 is 0. The molecule has 0 fully saturated rings. The second-order valence-corrected chi connectivity index (χ2v) is 3.39. The number of carbonyl (C=O) groups excluding carboxylic acids is 3. The van der Waals surface area contributed by atoms with Crippen LogP contribution in [-0.2, 0) is 14.4 Å². The minimum absolute atomic E-state index is 0.503. The van der Waals surface area contributed by atoms with Gasteiger partial charge in [-0.1, -0.05) is 18.2 Å². The van der Waals surface area contributed by atoms with E-state index in [4.69, 9.17) is 5.73 Å². The first-order valence-electron chi connectivity index (χ1n) is 4.93. The summed E-state index contributed by atoms with van der Waals surface area (Å²) in [5, 5.41) is 4.65. The molecule has 0 spiro atoms. The monoisotopic (exact) mass is 235 g/mol. The average molecular weight is 235 g/mol. The molecule has 0 aliphatic heterocycles. The molecule has 0 saturated heterocycles. The molecule has 0 aliphatic rings. The van der Waals surface area contributed by atoms with Crippen LogP contribution in [-0.4, -0.2) is 23.8 Å². The van der Waals surface area contributed by atoms with Gasteiger partial charge in [0.15, 0.2) is 6.04 Å². The summed E-state index contributed by atoms with van der Waals surface area (Å²) in [5.41, 5.74) is 5.55. The van der Waals surface area contributed by atoms with Gasteiger partial charge >= 0.3 is 0 Å². The fraction of sp³-hybridized carbons (Fsp3) is 0.182. The summed E-state index contributed by atoms with van der Waals surface area (Å²) in [6.07, 6.45) is 0. The van der Waals surface area contributed by atoms with Crippen LogP contribution in [0.25, 0.3) is 0 Å². The zero-order valence-electron chi connectivity index (χ0n) is 9.27. The number of primary amides is 1. The van der Waals surface area contributed by atoms with Gasteiger partial charge in [-0.25, -0.2) is 0 Å². The fourth-order valence-electron chi connectivity index (χ4n) is 1.21. The van der Waals surface area contributed by atoms with E-state index in [1.807, 2.05) is 0 Å². The van der Waals surface area contributed by atoms with Crippen molar-refractivity contribution in [2.24, 2.45) is 5.73 Å². The maximum atomic E-state index is 11.7. The smallest absolute Gasteiger partial charge is 0.256 e. The van der Waals surface area contributed by atoms with Gasteiger partial charge < -0.3 is 16.4 Å². The molecule has 1 rings (SSSR count). The number of hydrogen-bond donors (Lipinski definition) is 3. The van der Waals surface area contributed by atoms with Crippen molar-refractivity contribution in [3.8, 4) is 0 Å². The summed E-state index contributed by atoms with van der Waals surface area (Å²) in [5.74, 6) is -2.08. The number of nitrogens with two attached hydrogens (primary N) is 1. The molecular weight excluding hydrogens is 222 g/mol. The molecule has 0 aromatic heterocycles. The molecule has 3 amide bonds. The van der Waals surface area contributed by atoms with Gasteiger partial charge in [-0.05, 0) is 12.1 Å². The fourth-order valence-corrected chi connectivity index (χ4v) is 1.21. The molecule has 6 heteroatoms. The first-order chi connectivity index (χ1) is 8.00. The predicted octanol–water partition coefficient (Wildman–Crippen LogP) is -0.385. The highest BCUT2D eigenvalue weighted by molar-refractivity contribution is 6.11. The zero-order valence-corrected chi connectivity index (χ0v) is 9.27. The molecule has 1 aromatic rings. The standard InChI is InChI=1S/C11H13N3O3/c1-7(15)13-9(10(12)16)11(17)14-8-5-3-2-4-6-8/h2-6,9H,1H3,(H2,12,16)(H,13,15)(H,14,17). The Morgan fingerprint density at radius 2 is 1.76 bits per heavy atom. The number of amides is 3. The second kappa shape index (κ2) is 5.64. The Morgan fingerprint density at radius 1 is 1.18 bits per heavy atom. The number of carbonyl (C=O) groups is 3. The minimum atomic E-state index is -1.37. The highest BCUT2D eigenvalue weighted by Gasteiger charge is 2.24. The van der Waals surface area contributed by atoms with E-state index in [1.54, 1.807) is 30.3 Å². The molecule has 0 aliphatic carbocycles. The van der Waals surface area contributed by atoms with Crippen LogP contribution >= 0.6 is 0 Å². The summed E-state index contributed by atoms with van der Waals surface area (Å²) in [6, 6.07) is 7.19. The maximum absolute atomic E-state index is 11.7. The Labute approximate surface area is 98.2 Å². The van der Waals surface area contributed by atoms with E-state index in [9.17, 15) is 14.4 Å². The van der Waals surface area contributed by atoms with Gasteiger partial charge in [0, 0.05) is 12.6 Å². The maximum Gasteiger partial charge on any atom is 0.256 e. The van der Waals surface area contributed by atoms with Crippen molar-refractivity contribution >= 4 is 23.4 Å². The van der Waals surface area contributed by atoms with Crippen molar-refractivity contribution in [1.82, 2.24) is 5.32 Å². The molecule has 1 unspecified atom stereocenters. The lowest BCUT2D eigenvalue weighted by molar-refractivity contribution is -0.132. The molecule has 0 radical (unpaired) electrons. The van der Waals surface area contributed by atoms with Crippen LogP contribution in [0.1, 0.15) is 6.92 Å². The molecular formula is C11H13N3O3. The third-order valence-corrected chi connectivity index (χ3v) is 1.94. The predicted molar refractivity (Wildman–Crippen MR) is 61.9 cm³/mol. The molecule has 1 atom stereocenters. The molecule has 6 nitrogen and oxygen atoms in total. The third kappa shape index (κ3) is 3.94. The Hall–Kier alpha value is -2.37. The lowest BCUT2D eigenvalue weighted by Crippen LogP contribution is -2.51. The minimum Gasteiger partial charge on any atom is -0.367 e. The van der Waals surface area contributed by atoms with Crippen molar-refractivity contribution < 1.29 is 14.4 Å². The van der Waals surface area contributed by atoms with Crippen molar-refractivity contribution in [3.63, 3.8) is 0 Å². The molecule has 0 bridgehead atoms. The van der Waals surface area contributed by atoms with E-state index in [1.165, 1.54) is 6.92 Å². The molecule has 0 saturated carbocycles. The van der Waals surface area contributed by atoms with Crippen molar-refractivity contribution in [2.75, 3.05) is 5.32 Å². The Kier molecular flexibility index (Phi) is 4.21. The van der Waals surface area contributed by atoms with E-state index in [0.29, 0.717) is 5.69 Å². The van der Waals surface area contributed by atoms with Gasteiger partial charge in [0.05, 0.1) is 0 Å². The van der Waals surface area contributed by atoms with Crippen molar-refractivity contribution in [3.05, 3.63) is 30.3 Å². The van der Waals surface area contributed by atoms with Crippen LogP contribution in [0.15, 0.2) is 30.3 Å². The molecule has 0 heterocycles. The van der Waals surface area contributed by atoms with Gasteiger partial charge in [0.2, 0.25) is 11.8 Å². The number of rotatable bonds is 4. The quantitative estimate of drug-likeness (QED) is 0.620. The highest BCUT2D eigenvalue weighted by Crippen LogP contribution is 2.05. The van der Waals surface area contributed by atoms with Gasteiger partial charge in [0.1, 0.15) is 0 Å². The van der Waals surface area contributed by atoms with Crippen LogP contribution in [0, 0.1) is 0 Å². The number of para-hydroxylation sites is 1. The lowest BCUT2D eigenvalue weighted by Gasteiger charge is -2.14. The largest absolute Gasteiger partial charge is 0.367 e. The molecule has 17 heavy (non-hydrogen) atoms. The van der Waals surface area contributed by atoms with Crippen molar-refractivity contribution in [2.45, 2.75) is 13.0 Å². The van der Waals surface area contributed by atoms with Crippen LogP contribution < -0.4 is 16.4 Å². The van der Waals surface area contributed by atoms with E-state index in [-0.39, 0.29) is 0 Å². The number of benzene rings is 1. The van der Waals surface area contributed by atoms with E-state index in [2.05, 4.69) is 10.6 Å². The Balaban J connectivity index is 2.72. The number of hydrogen-bond acceptors (Lipinski definition) is 3. The highest BCUT2D eigenvalue weighted by atomic mass is 16.2. The summed E-state index contributed by atoms with van der Waals surface area (Å²) < 4.78 is 0. The first kappa shape index (κ1) is 12.7. The lowest BCUT2D eigenvalue weighted by atomic mass is 10.2. The van der Waals surface area contributed by atoms with E-state index < -0.39 is 23.8 Å². The zero-order chi connectivity index (χ0) is 12.8. The second-order valence-electron chi connectivity index (χ2n) is 3.39. The van der Waals surface area contributed by atoms with Crippen LogP contribution in [0.5, 0.6) is 0 Å². The van der Waals surface area contributed by atoms with Crippen molar-refractivity contribution in [1.29, 1.82) is 0 Å². The molecule has 4 N–H and O–H groups in total. The van der Waals surface area contributed by atoms with Crippen LogP contribution in [0.4, 0.5) is 5.69 Å². The van der Waals surface area contributed by atoms with Crippen LogP contribution in [0.3, 0.4) is 0 Å². The Bertz CT molecular complexity index is 431. The summed E-state index contributed by atoms with van der Waals surface area (Å²) in [7, 11) is 0. The topological polar surface area (TPSA) is 101 Å². The first-order valence-corrected chi connectivity index (χ1v) is 4.93. The normalized spacial score (nSPS) is 11.4.